The number of hydrogen-bond acceptors (Lipinski definition) is 4. The third-order valence-corrected chi connectivity index (χ3v) is 7.39. The van der Waals surface area contributed by atoms with E-state index < -0.39 is 28.3 Å². The Hall–Kier alpha value is -0.885. The van der Waals surface area contributed by atoms with Crippen LogP contribution in [0.25, 0.3) is 0 Å². The quantitative estimate of drug-likeness (QED) is 0.753. The van der Waals surface area contributed by atoms with Crippen molar-refractivity contribution in [1.82, 2.24) is 4.72 Å². The molecule has 1 aromatic carbocycles. The van der Waals surface area contributed by atoms with Gasteiger partial charge in [0.15, 0.2) is 0 Å². The highest BCUT2D eigenvalue weighted by Crippen LogP contribution is 2.36. The van der Waals surface area contributed by atoms with E-state index in [0.717, 1.165) is 11.0 Å². The van der Waals surface area contributed by atoms with Crippen molar-refractivity contribution >= 4 is 22.6 Å². The van der Waals surface area contributed by atoms with Crippen molar-refractivity contribution in [3.8, 4) is 0 Å². The maximum Gasteiger partial charge on any atom is 0.494 e. The van der Waals surface area contributed by atoms with Crippen molar-refractivity contribution in [2.75, 3.05) is 0 Å². The minimum Gasteiger partial charge on any atom is -0.399 e. The summed E-state index contributed by atoms with van der Waals surface area (Å²) in [6, 6.07) is 7.70. The molecular weight excluding hydrogens is 337 g/mol. The number of sulfonamides is 1. The molecule has 0 atom stereocenters. The van der Waals surface area contributed by atoms with Crippen molar-refractivity contribution in [3.05, 3.63) is 29.8 Å². The fourth-order valence-corrected chi connectivity index (χ4v) is 4.34. The van der Waals surface area contributed by atoms with Crippen LogP contribution in [0.3, 0.4) is 0 Å². The van der Waals surface area contributed by atoms with Crippen molar-refractivity contribution in [2.45, 2.75) is 77.4 Å². The summed E-state index contributed by atoms with van der Waals surface area (Å²) >= 11 is 0. The zero-order chi connectivity index (χ0) is 18.9. The predicted molar refractivity (Wildman–Crippen MR) is 102 cm³/mol. The Kier molecular flexibility index (Phi) is 6.04. The minimum atomic E-state index is -3.30. The minimum absolute atomic E-state index is 0.270. The van der Waals surface area contributed by atoms with Crippen LogP contribution in [0, 0.1) is 0 Å². The van der Waals surface area contributed by atoms with Crippen LogP contribution < -0.4 is 10.2 Å². The van der Waals surface area contributed by atoms with Crippen molar-refractivity contribution in [2.24, 2.45) is 0 Å². The molecule has 0 aliphatic carbocycles. The zero-order valence-corrected chi connectivity index (χ0v) is 16.9. The van der Waals surface area contributed by atoms with Gasteiger partial charge in [-0.2, -0.15) is 0 Å². The first-order valence-electron chi connectivity index (χ1n) is 8.95. The summed E-state index contributed by atoms with van der Waals surface area (Å²) < 4.78 is 39.5. The molecule has 1 saturated heterocycles. The van der Waals surface area contributed by atoms with Crippen LogP contribution in [0.15, 0.2) is 24.3 Å². The first-order valence-corrected chi connectivity index (χ1v) is 10.5. The highest BCUT2D eigenvalue weighted by Gasteiger charge is 2.51. The molecule has 140 valence electrons. The van der Waals surface area contributed by atoms with Gasteiger partial charge >= 0.3 is 7.12 Å². The molecule has 25 heavy (non-hydrogen) atoms. The number of benzene rings is 1. The highest BCUT2D eigenvalue weighted by molar-refractivity contribution is 7.90. The van der Waals surface area contributed by atoms with E-state index in [0.29, 0.717) is 12.8 Å². The summed E-state index contributed by atoms with van der Waals surface area (Å²) in [5.74, 6) is 0. The van der Waals surface area contributed by atoms with Gasteiger partial charge in [0, 0.05) is 6.54 Å². The van der Waals surface area contributed by atoms with Gasteiger partial charge in [-0.05, 0) is 51.6 Å². The molecule has 2 rings (SSSR count). The molecule has 0 bridgehead atoms. The summed E-state index contributed by atoms with van der Waals surface area (Å²) in [5.41, 5.74) is 0.995. The lowest BCUT2D eigenvalue weighted by Gasteiger charge is -2.32. The van der Waals surface area contributed by atoms with E-state index in [-0.39, 0.29) is 11.8 Å². The van der Waals surface area contributed by atoms with Gasteiger partial charge in [-0.3, -0.25) is 0 Å². The van der Waals surface area contributed by atoms with Gasteiger partial charge in [-0.25, -0.2) is 13.1 Å². The Morgan fingerprint density at radius 3 is 2.16 bits per heavy atom. The van der Waals surface area contributed by atoms with E-state index in [1.807, 2.05) is 65.8 Å². The lowest BCUT2D eigenvalue weighted by Crippen LogP contribution is -2.41. The van der Waals surface area contributed by atoms with E-state index in [1.165, 1.54) is 0 Å². The molecule has 0 saturated carbocycles. The van der Waals surface area contributed by atoms with E-state index >= 15 is 0 Å². The van der Waals surface area contributed by atoms with E-state index in [9.17, 15) is 8.42 Å². The molecule has 7 heteroatoms. The maximum absolute atomic E-state index is 12.3. The molecule has 0 aromatic heterocycles. The van der Waals surface area contributed by atoms with Gasteiger partial charge in [0.05, 0.1) is 16.5 Å². The van der Waals surface area contributed by atoms with Crippen LogP contribution in [-0.4, -0.2) is 32.0 Å². The Balaban J connectivity index is 2.10. The van der Waals surface area contributed by atoms with Gasteiger partial charge in [-0.1, -0.05) is 38.1 Å². The fraction of sp³-hybridized carbons (Fsp3) is 0.667. The fourth-order valence-electron chi connectivity index (χ4n) is 2.86. The van der Waals surface area contributed by atoms with Crippen LogP contribution in [0.4, 0.5) is 0 Å². The molecule has 1 fully saturated rings. The second-order valence-electron chi connectivity index (χ2n) is 7.64. The molecule has 0 radical (unpaired) electrons. The highest BCUT2D eigenvalue weighted by atomic mass is 32.2. The monoisotopic (exact) mass is 367 g/mol. The Morgan fingerprint density at radius 1 is 1.08 bits per heavy atom. The third-order valence-electron chi connectivity index (χ3n) is 5.30. The van der Waals surface area contributed by atoms with Crippen LogP contribution in [0.2, 0.25) is 0 Å². The molecule has 1 aliphatic rings. The standard InChI is InChI=1S/C18H30BNO4S/c1-7-16(8-2)25(21,22)20-13-14-10-9-11-15(12-14)19-23-17(3,4)18(5,6)24-19/h9-12,16,20H,7-8,13H2,1-6H3. The molecule has 1 aromatic rings. The average molecular weight is 367 g/mol. The van der Waals surface area contributed by atoms with Gasteiger partial charge in [0.25, 0.3) is 0 Å². The number of hydrogen-bond donors (Lipinski definition) is 1. The second kappa shape index (κ2) is 7.39. The lowest BCUT2D eigenvalue weighted by molar-refractivity contribution is 0.00578. The summed E-state index contributed by atoms with van der Waals surface area (Å²) in [6.45, 7) is 12.1. The summed E-state index contributed by atoms with van der Waals surface area (Å²) in [5, 5.41) is -0.348. The normalized spacial score (nSPS) is 19.6. The van der Waals surface area contributed by atoms with Crippen molar-refractivity contribution in [3.63, 3.8) is 0 Å². The van der Waals surface area contributed by atoms with Crippen molar-refractivity contribution in [1.29, 1.82) is 0 Å². The van der Waals surface area contributed by atoms with E-state index in [1.54, 1.807) is 0 Å². The molecular formula is C18H30BNO4S. The van der Waals surface area contributed by atoms with E-state index in [4.69, 9.17) is 9.31 Å². The Bertz CT molecular complexity index is 683. The van der Waals surface area contributed by atoms with Crippen LogP contribution in [0.5, 0.6) is 0 Å². The molecule has 0 unspecified atom stereocenters. The predicted octanol–water partition coefficient (Wildman–Crippen LogP) is 2.59. The second-order valence-corrected chi connectivity index (χ2v) is 9.68. The zero-order valence-electron chi connectivity index (χ0n) is 16.1. The first-order chi connectivity index (χ1) is 11.5. The van der Waals surface area contributed by atoms with Crippen molar-refractivity contribution < 1.29 is 17.7 Å². The van der Waals surface area contributed by atoms with Crippen LogP contribution in [0.1, 0.15) is 59.9 Å². The average Bonchev–Trinajstić information content (AvgIpc) is 2.75. The van der Waals surface area contributed by atoms with Gasteiger partial charge in [0.1, 0.15) is 0 Å². The topological polar surface area (TPSA) is 64.6 Å². The summed E-state index contributed by atoms with van der Waals surface area (Å²) in [6.07, 6.45) is 1.22. The van der Waals surface area contributed by atoms with E-state index in [2.05, 4.69) is 4.72 Å². The first kappa shape index (κ1) is 20.4. The maximum atomic E-state index is 12.3. The van der Waals surface area contributed by atoms with Crippen LogP contribution >= 0.6 is 0 Å². The van der Waals surface area contributed by atoms with Gasteiger partial charge < -0.3 is 9.31 Å². The van der Waals surface area contributed by atoms with Gasteiger partial charge in [0.2, 0.25) is 10.0 Å². The molecule has 1 heterocycles. The SMILES string of the molecule is CCC(CC)S(=O)(=O)NCc1cccc(B2OC(C)(C)C(C)(C)O2)c1. The van der Waals surface area contributed by atoms with Crippen LogP contribution in [-0.2, 0) is 25.9 Å². The molecule has 0 spiro atoms. The molecule has 5 nitrogen and oxygen atoms in total. The number of rotatable bonds is 7. The number of nitrogens with one attached hydrogen (secondary N) is 1. The Labute approximate surface area is 152 Å². The smallest absolute Gasteiger partial charge is 0.399 e. The molecule has 1 aliphatic heterocycles. The summed E-state index contributed by atoms with van der Waals surface area (Å²) in [4.78, 5) is 0. The third kappa shape index (κ3) is 4.45. The molecule has 0 amide bonds. The lowest BCUT2D eigenvalue weighted by atomic mass is 9.78. The summed E-state index contributed by atoms with van der Waals surface area (Å²) in [7, 11) is -3.75. The Morgan fingerprint density at radius 2 is 1.64 bits per heavy atom. The largest absolute Gasteiger partial charge is 0.494 e. The molecule has 1 N–H and O–H groups in total. The van der Waals surface area contributed by atoms with Gasteiger partial charge in [-0.15, -0.1) is 0 Å².